The van der Waals surface area contributed by atoms with Gasteiger partial charge in [0.2, 0.25) is 0 Å². The summed E-state index contributed by atoms with van der Waals surface area (Å²) in [5, 5.41) is 21.0. The number of carboxylic acids is 1. The number of carbonyl (C=O) groups excluding carboxylic acids is 1. The van der Waals surface area contributed by atoms with Crippen LogP contribution in [0.3, 0.4) is 0 Å². The number of quaternary nitrogens is 1. The summed E-state index contributed by atoms with van der Waals surface area (Å²) < 4.78 is 1.77. The number of hydrogen-bond acceptors (Lipinski definition) is 4. The highest BCUT2D eigenvalue weighted by molar-refractivity contribution is 7.99. The second kappa shape index (κ2) is 7.43. The van der Waals surface area contributed by atoms with Crippen LogP contribution in [0.25, 0.3) is 10.9 Å². The summed E-state index contributed by atoms with van der Waals surface area (Å²) in [4.78, 5) is 13.1. The molecule has 0 fully saturated rings. The minimum atomic E-state index is -1.11. The molecule has 6 heteroatoms. The van der Waals surface area contributed by atoms with Crippen LogP contribution in [0.5, 0.6) is 0 Å². The van der Waals surface area contributed by atoms with Crippen molar-refractivity contribution in [2.24, 2.45) is 0 Å². The largest absolute Gasteiger partial charge is 0.548 e. The Morgan fingerprint density at radius 2 is 1.88 bits per heavy atom. The maximum Gasteiger partial charge on any atom is 0.0991 e. The summed E-state index contributed by atoms with van der Waals surface area (Å²) in [7, 11) is 0. The standard InChI is InChI=1S/C19H16N2O2S.H3N/c1-12-3-8-17-16(9-12)19(13(2)21(17)11-18(22)23)24-15-6-4-14(10-20)5-7-15;/h3-9H,11H2,1-2H3,(H,22,23);1H3. The summed E-state index contributed by atoms with van der Waals surface area (Å²) in [6, 6.07) is 15.5. The number of aryl methyl sites for hydroxylation is 1. The summed E-state index contributed by atoms with van der Waals surface area (Å²) >= 11 is 1.58. The number of aliphatic carboxylic acids is 1. The van der Waals surface area contributed by atoms with E-state index >= 15 is 0 Å². The molecule has 0 aliphatic carbocycles. The Balaban J connectivity index is 0.00000225. The van der Waals surface area contributed by atoms with Crippen molar-refractivity contribution in [3.05, 3.63) is 59.3 Å². The summed E-state index contributed by atoms with van der Waals surface area (Å²) in [5.41, 5.74) is 3.52. The van der Waals surface area contributed by atoms with E-state index in [1.54, 1.807) is 28.5 Å². The number of carboxylic acid groups (broad SMARTS) is 1. The molecule has 5 nitrogen and oxygen atoms in total. The lowest BCUT2D eigenvalue weighted by Crippen LogP contribution is -2.27. The Kier molecular flexibility index (Phi) is 5.52. The van der Waals surface area contributed by atoms with Crippen LogP contribution in [0.1, 0.15) is 16.8 Å². The molecule has 0 aliphatic heterocycles. The van der Waals surface area contributed by atoms with Crippen LogP contribution in [-0.2, 0) is 11.3 Å². The summed E-state index contributed by atoms with van der Waals surface area (Å²) in [6.07, 6.45) is 0. The van der Waals surface area contributed by atoms with E-state index in [0.717, 1.165) is 32.0 Å². The number of nitriles is 1. The van der Waals surface area contributed by atoms with Crippen molar-refractivity contribution in [3.8, 4) is 6.07 Å². The molecule has 0 unspecified atom stereocenters. The van der Waals surface area contributed by atoms with Crippen molar-refractivity contribution in [2.45, 2.75) is 30.2 Å². The molecular formula is C19H19N3O2S. The number of aromatic nitrogens is 1. The zero-order valence-electron chi connectivity index (χ0n) is 14.4. The first kappa shape index (κ1) is 18.6. The molecule has 0 atom stereocenters. The van der Waals surface area contributed by atoms with Crippen molar-refractivity contribution in [1.82, 2.24) is 10.7 Å². The van der Waals surface area contributed by atoms with Gasteiger partial charge in [-0.2, -0.15) is 5.26 Å². The van der Waals surface area contributed by atoms with Crippen LogP contribution in [0.2, 0.25) is 0 Å². The van der Waals surface area contributed by atoms with E-state index in [2.05, 4.69) is 12.1 Å². The first-order valence-corrected chi connectivity index (χ1v) is 8.28. The zero-order valence-corrected chi connectivity index (χ0v) is 15.2. The molecular weight excluding hydrogens is 334 g/mol. The first-order valence-electron chi connectivity index (χ1n) is 7.47. The third-order valence-electron chi connectivity index (χ3n) is 3.91. The van der Waals surface area contributed by atoms with E-state index in [1.807, 2.05) is 38.1 Å². The Hall–Kier alpha value is -2.75. The molecule has 1 aromatic heterocycles. The molecule has 128 valence electrons. The fourth-order valence-electron chi connectivity index (χ4n) is 2.74. The van der Waals surface area contributed by atoms with E-state index in [1.165, 1.54) is 0 Å². The number of hydrogen-bond donors (Lipinski definition) is 1. The van der Waals surface area contributed by atoms with E-state index in [0.29, 0.717) is 5.56 Å². The van der Waals surface area contributed by atoms with Crippen molar-refractivity contribution < 1.29 is 9.90 Å². The second-order valence-electron chi connectivity index (χ2n) is 5.63. The highest BCUT2D eigenvalue weighted by Gasteiger charge is 2.15. The lowest BCUT2D eigenvalue weighted by atomic mass is 10.2. The van der Waals surface area contributed by atoms with E-state index in [-0.39, 0.29) is 12.7 Å². The molecule has 0 aliphatic rings. The van der Waals surface area contributed by atoms with E-state index in [4.69, 9.17) is 5.26 Å². The van der Waals surface area contributed by atoms with Crippen molar-refractivity contribution in [1.29, 1.82) is 5.26 Å². The minimum Gasteiger partial charge on any atom is -0.548 e. The molecule has 1 heterocycles. The topological polar surface area (TPSA) is 105 Å². The Labute approximate surface area is 150 Å². The minimum absolute atomic E-state index is 0. The van der Waals surface area contributed by atoms with Gasteiger partial charge in [-0.3, -0.25) is 0 Å². The molecule has 0 spiro atoms. The number of fused-ring (bicyclic) bond motifs is 1. The predicted molar refractivity (Wildman–Crippen MR) is 97.7 cm³/mol. The van der Waals surface area contributed by atoms with Gasteiger partial charge in [0.05, 0.1) is 24.1 Å². The molecule has 25 heavy (non-hydrogen) atoms. The summed E-state index contributed by atoms with van der Waals surface area (Å²) in [6.45, 7) is 3.77. The first-order chi connectivity index (χ1) is 11.5. The quantitative estimate of drug-likeness (QED) is 0.775. The van der Waals surface area contributed by atoms with Crippen LogP contribution >= 0.6 is 11.8 Å². The molecule has 0 bridgehead atoms. The van der Waals surface area contributed by atoms with Gasteiger partial charge < -0.3 is 20.6 Å². The van der Waals surface area contributed by atoms with Gasteiger partial charge in [0.25, 0.3) is 0 Å². The monoisotopic (exact) mass is 353 g/mol. The number of rotatable bonds is 4. The maximum absolute atomic E-state index is 11.1. The molecule has 3 rings (SSSR count). The average Bonchev–Trinajstić information content (AvgIpc) is 2.80. The zero-order chi connectivity index (χ0) is 17.3. The second-order valence-corrected chi connectivity index (χ2v) is 6.72. The normalized spacial score (nSPS) is 10.3. The molecule has 0 amide bonds. The third kappa shape index (κ3) is 3.68. The highest BCUT2D eigenvalue weighted by Crippen LogP contribution is 2.38. The highest BCUT2D eigenvalue weighted by atomic mass is 32.2. The van der Waals surface area contributed by atoms with Crippen molar-refractivity contribution >= 4 is 28.6 Å². The van der Waals surface area contributed by atoms with Gasteiger partial charge in [0, 0.05) is 26.4 Å². The SMILES string of the molecule is Cc1ccc2c(c1)c(Sc1ccc(C#N)cc1)c(C)n2CC(=O)[O-].[NH4+]. The van der Waals surface area contributed by atoms with Crippen LogP contribution in [0, 0.1) is 25.2 Å². The lowest BCUT2D eigenvalue weighted by Gasteiger charge is -2.09. The number of benzene rings is 2. The van der Waals surface area contributed by atoms with Gasteiger partial charge >= 0.3 is 0 Å². The van der Waals surface area contributed by atoms with Gasteiger partial charge in [-0.1, -0.05) is 23.4 Å². The van der Waals surface area contributed by atoms with E-state index < -0.39 is 5.97 Å². The fourth-order valence-corrected chi connectivity index (χ4v) is 3.78. The van der Waals surface area contributed by atoms with Crippen LogP contribution in [-0.4, -0.2) is 10.5 Å². The smallest absolute Gasteiger partial charge is 0.0991 e. The Bertz CT molecular complexity index is 969. The van der Waals surface area contributed by atoms with Gasteiger partial charge in [-0.15, -0.1) is 0 Å². The Morgan fingerprint density at radius 1 is 1.20 bits per heavy atom. The molecule has 0 saturated heterocycles. The maximum atomic E-state index is 11.1. The molecule has 3 aromatic rings. The van der Waals surface area contributed by atoms with Gasteiger partial charge in [-0.05, 0) is 50.2 Å². The summed E-state index contributed by atoms with van der Waals surface area (Å²) in [5.74, 6) is -1.11. The van der Waals surface area contributed by atoms with Crippen molar-refractivity contribution in [3.63, 3.8) is 0 Å². The third-order valence-corrected chi connectivity index (χ3v) is 5.14. The lowest BCUT2D eigenvalue weighted by molar-refractivity contribution is -0.306. The Morgan fingerprint density at radius 3 is 2.48 bits per heavy atom. The predicted octanol–water partition coefficient (Wildman–Crippen LogP) is 3.41. The van der Waals surface area contributed by atoms with Crippen LogP contribution in [0.4, 0.5) is 0 Å². The molecule has 2 aromatic carbocycles. The molecule has 0 radical (unpaired) electrons. The van der Waals surface area contributed by atoms with Crippen molar-refractivity contribution in [2.75, 3.05) is 0 Å². The number of nitrogens with zero attached hydrogens (tertiary/aromatic N) is 2. The molecule has 4 N–H and O–H groups in total. The van der Waals surface area contributed by atoms with Gasteiger partial charge in [0.15, 0.2) is 0 Å². The number of carbonyl (C=O) groups is 1. The fraction of sp³-hybridized carbons (Fsp3) is 0.158. The van der Waals surface area contributed by atoms with Gasteiger partial charge in [0.1, 0.15) is 0 Å². The van der Waals surface area contributed by atoms with E-state index in [9.17, 15) is 9.90 Å². The van der Waals surface area contributed by atoms with Crippen LogP contribution in [0.15, 0.2) is 52.3 Å². The molecule has 0 saturated carbocycles. The van der Waals surface area contributed by atoms with Gasteiger partial charge in [-0.25, -0.2) is 0 Å². The van der Waals surface area contributed by atoms with Crippen LogP contribution < -0.4 is 11.3 Å². The average molecular weight is 353 g/mol.